The van der Waals surface area contributed by atoms with E-state index >= 15 is 0 Å². The molecule has 2 unspecified atom stereocenters. The van der Waals surface area contributed by atoms with E-state index in [1.165, 1.54) is 11.3 Å². The SMILES string of the molecule is CC(C)N(CC(=O)O)C(=O)N1CC2CCCN2CC1C. The summed E-state index contributed by atoms with van der Waals surface area (Å²) in [6, 6.07) is 0.356. The lowest BCUT2D eigenvalue weighted by atomic mass is 10.1. The number of carbonyl (C=O) groups excluding carboxylic acids is 1. The molecule has 0 aromatic heterocycles. The predicted molar refractivity (Wildman–Crippen MR) is 75.6 cm³/mol. The Morgan fingerprint density at radius 1 is 1.35 bits per heavy atom. The van der Waals surface area contributed by atoms with Crippen LogP contribution in [0.4, 0.5) is 4.79 Å². The fourth-order valence-electron chi connectivity index (χ4n) is 3.24. The summed E-state index contributed by atoms with van der Waals surface area (Å²) in [6.45, 7) is 8.28. The molecule has 0 spiro atoms. The van der Waals surface area contributed by atoms with Crippen LogP contribution in [0.5, 0.6) is 0 Å². The molecule has 0 aliphatic carbocycles. The third kappa shape index (κ3) is 3.06. The third-order valence-corrected chi connectivity index (χ3v) is 4.36. The summed E-state index contributed by atoms with van der Waals surface area (Å²) < 4.78 is 0. The molecule has 0 aromatic carbocycles. The molecule has 0 saturated carbocycles. The minimum atomic E-state index is -0.959. The van der Waals surface area contributed by atoms with Crippen molar-refractivity contribution in [1.29, 1.82) is 0 Å². The topological polar surface area (TPSA) is 64.1 Å². The smallest absolute Gasteiger partial charge is 0.323 e. The number of hydrogen-bond acceptors (Lipinski definition) is 3. The lowest BCUT2D eigenvalue weighted by Gasteiger charge is -2.44. The van der Waals surface area contributed by atoms with E-state index in [4.69, 9.17) is 5.11 Å². The molecule has 114 valence electrons. The average molecular weight is 283 g/mol. The van der Waals surface area contributed by atoms with Gasteiger partial charge in [0.05, 0.1) is 0 Å². The zero-order valence-corrected chi connectivity index (χ0v) is 12.6. The molecule has 6 nitrogen and oxygen atoms in total. The number of hydrogen-bond donors (Lipinski definition) is 1. The van der Waals surface area contributed by atoms with Crippen LogP contribution in [0.2, 0.25) is 0 Å². The number of nitrogens with zero attached hydrogens (tertiary/aromatic N) is 3. The van der Waals surface area contributed by atoms with Crippen molar-refractivity contribution in [3.63, 3.8) is 0 Å². The highest BCUT2D eigenvalue weighted by Gasteiger charge is 2.38. The fraction of sp³-hybridized carbons (Fsp3) is 0.857. The number of amides is 2. The van der Waals surface area contributed by atoms with Gasteiger partial charge < -0.3 is 14.9 Å². The largest absolute Gasteiger partial charge is 0.480 e. The highest BCUT2D eigenvalue weighted by atomic mass is 16.4. The Kier molecular flexibility index (Phi) is 4.52. The van der Waals surface area contributed by atoms with Crippen molar-refractivity contribution in [3.8, 4) is 0 Å². The Morgan fingerprint density at radius 2 is 2.05 bits per heavy atom. The molecule has 2 atom stereocenters. The quantitative estimate of drug-likeness (QED) is 0.841. The van der Waals surface area contributed by atoms with E-state index in [0.717, 1.165) is 26.1 Å². The van der Waals surface area contributed by atoms with Crippen molar-refractivity contribution in [1.82, 2.24) is 14.7 Å². The average Bonchev–Trinajstić information content (AvgIpc) is 2.80. The van der Waals surface area contributed by atoms with Gasteiger partial charge in [-0.05, 0) is 40.2 Å². The fourth-order valence-corrected chi connectivity index (χ4v) is 3.24. The second-order valence-corrected chi connectivity index (χ2v) is 6.19. The van der Waals surface area contributed by atoms with Crippen LogP contribution in [0.15, 0.2) is 0 Å². The second kappa shape index (κ2) is 5.99. The van der Waals surface area contributed by atoms with Gasteiger partial charge in [-0.1, -0.05) is 0 Å². The summed E-state index contributed by atoms with van der Waals surface area (Å²) in [5.74, 6) is -0.959. The Labute approximate surface area is 120 Å². The number of carbonyl (C=O) groups is 2. The molecular formula is C14H25N3O3. The van der Waals surface area contributed by atoms with Crippen LogP contribution in [0.3, 0.4) is 0 Å². The van der Waals surface area contributed by atoms with Crippen LogP contribution in [-0.2, 0) is 4.79 Å². The van der Waals surface area contributed by atoms with Crippen molar-refractivity contribution in [2.75, 3.05) is 26.2 Å². The van der Waals surface area contributed by atoms with Crippen molar-refractivity contribution in [2.24, 2.45) is 0 Å². The lowest BCUT2D eigenvalue weighted by molar-refractivity contribution is -0.138. The zero-order valence-electron chi connectivity index (χ0n) is 12.6. The van der Waals surface area contributed by atoms with Gasteiger partial charge in [0.1, 0.15) is 6.54 Å². The van der Waals surface area contributed by atoms with Gasteiger partial charge >= 0.3 is 12.0 Å². The number of piperazine rings is 1. The number of rotatable bonds is 3. The lowest BCUT2D eigenvalue weighted by Crippen LogP contribution is -2.60. The molecule has 2 saturated heterocycles. The molecule has 6 heteroatoms. The molecule has 2 rings (SSSR count). The number of carboxylic acid groups (broad SMARTS) is 1. The van der Waals surface area contributed by atoms with Gasteiger partial charge in [-0.15, -0.1) is 0 Å². The van der Waals surface area contributed by atoms with Crippen LogP contribution in [-0.4, -0.2) is 76.1 Å². The highest BCUT2D eigenvalue weighted by Crippen LogP contribution is 2.25. The Hall–Kier alpha value is -1.30. The Morgan fingerprint density at radius 3 is 2.65 bits per heavy atom. The summed E-state index contributed by atoms with van der Waals surface area (Å²) in [6.07, 6.45) is 2.33. The Balaban J connectivity index is 2.07. The first-order valence-corrected chi connectivity index (χ1v) is 7.43. The van der Waals surface area contributed by atoms with Crippen LogP contribution in [0.1, 0.15) is 33.6 Å². The number of fused-ring (bicyclic) bond motifs is 1. The van der Waals surface area contributed by atoms with E-state index in [1.807, 2.05) is 25.7 Å². The predicted octanol–water partition coefficient (Wildman–Crippen LogP) is 1.07. The van der Waals surface area contributed by atoms with Gasteiger partial charge in [0.2, 0.25) is 0 Å². The maximum absolute atomic E-state index is 12.6. The second-order valence-electron chi connectivity index (χ2n) is 6.19. The molecule has 2 amide bonds. The molecule has 2 heterocycles. The van der Waals surface area contributed by atoms with E-state index in [0.29, 0.717) is 6.04 Å². The first-order chi connectivity index (χ1) is 9.40. The van der Waals surface area contributed by atoms with E-state index < -0.39 is 5.97 Å². The molecular weight excluding hydrogens is 258 g/mol. The van der Waals surface area contributed by atoms with Gasteiger partial charge in [0.25, 0.3) is 0 Å². The summed E-state index contributed by atoms with van der Waals surface area (Å²) in [4.78, 5) is 29.3. The van der Waals surface area contributed by atoms with Gasteiger partial charge in [-0.3, -0.25) is 9.69 Å². The van der Waals surface area contributed by atoms with Crippen molar-refractivity contribution < 1.29 is 14.7 Å². The summed E-state index contributed by atoms with van der Waals surface area (Å²) in [5.41, 5.74) is 0. The van der Waals surface area contributed by atoms with E-state index in [9.17, 15) is 9.59 Å². The van der Waals surface area contributed by atoms with Gasteiger partial charge in [0.15, 0.2) is 0 Å². The number of aliphatic carboxylic acids is 1. The monoisotopic (exact) mass is 283 g/mol. The molecule has 0 bridgehead atoms. The normalized spacial score (nSPS) is 26.7. The molecule has 2 aliphatic heterocycles. The van der Waals surface area contributed by atoms with Crippen LogP contribution in [0.25, 0.3) is 0 Å². The van der Waals surface area contributed by atoms with Crippen molar-refractivity contribution >= 4 is 12.0 Å². The maximum atomic E-state index is 12.6. The van der Waals surface area contributed by atoms with E-state index in [-0.39, 0.29) is 24.7 Å². The Bertz CT molecular complexity index is 386. The van der Waals surface area contributed by atoms with Crippen LogP contribution >= 0.6 is 0 Å². The molecule has 2 fully saturated rings. The third-order valence-electron chi connectivity index (χ3n) is 4.36. The van der Waals surface area contributed by atoms with Crippen molar-refractivity contribution in [2.45, 2.75) is 51.7 Å². The summed E-state index contributed by atoms with van der Waals surface area (Å²) in [5, 5.41) is 8.98. The zero-order chi connectivity index (χ0) is 14.9. The number of carboxylic acids is 1. The summed E-state index contributed by atoms with van der Waals surface area (Å²) in [7, 11) is 0. The van der Waals surface area contributed by atoms with Crippen LogP contribution in [0, 0.1) is 0 Å². The van der Waals surface area contributed by atoms with Crippen molar-refractivity contribution in [3.05, 3.63) is 0 Å². The van der Waals surface area contributed by atoms with Crippen LogP contribution < -0.4 is 0 Å². The molecule has 2 aliphatic rings. The molecule has 0 radical (unpaired) electrons. The van der Waals surface area contributed by atoms with E-state index in [1.54, 1.807) is 0 Å². The van der Waals surface area contributed by atoms with Gasteiger partial charge in [0, 0.05) is 31.2 Å². The van der Waals surface area contributed by atoms with Gasteiger partial charge in [-0.2, -0.15) is 0 Å². The van der Waals surface area contributed by atoms with Gasteiger partial charge in [-0.25, -0.2) is 4.79 Å². The maximum Gasteiger partial charge on any atom is 0.323 e. The minimum absolute atomic E-state index is 0.104. The molecule has 0 aromatic rings. The van der Waals surface area contributed by atoms with E-state index in [2.05, 4.69) is 4.90 Å². The standard InChI is InChI=1S/C14H25N3O3/c1-10(2)16(9-13(18)19)14(20)17-8-12-5-4-6-15(12)7-11(17)3/h10-12H,4-9H2,1-3H3,(H,18,19). The summed E-state index contributed by atoms with van der Waals surface area (Å²) >= 11 is 0. The molecule has 1 N–H and O–H groups in total. The molecule has 20 heavy (non-hydrogen) atoms. The number of urea groups is 1. The first-order valence-electron chi connectivity index (χ1n) is 7.43. The minimum Gasteiger partial charge on any atom is -0.480 e. The highest BCUT2D eigenvalue weighted by molar-refractivity contribution is 5.80. The first kappa shape index (κ1) is 15.1.